The van der Waals surface area contributed by atoms with Gasteiger partial charge in [-0.3, -0.25) is 9.59 Å². The Morgan fingerprint density at radius 2 is 2.00 bits per heavy atom. The van der Waals surface area contributed by atoms with Gasteiger partial charge in [-0.2, -0.15) is 0 Å². The first-order valence-corrected chi connectivity index (χ1v) is 7.18. The summed E-state index contributed by atoms with van der Waals surface area (Å²) in [5.41, 5.74) is 0. The Balaban J connectivity index is 2.63. The molecule has 0 aromatic carbocycles. The fourth-order valence-corrected chi connectivity index (χ4v) is 2.36. The van der Waals surface area contributed by atoms with Crippen molar-refractivity contribution in [1.82, 2.24) is 15.1 Å². The Kier molecular flexibility index (Phi) is 6.28. The molecule has 5 heteroatoms. The minimum atomic E-state index is -0.120. The summed E-state index contributed by atoms with van der Waals surface area (Å²) in [6.45, 7) is 5.92. The molecule has 1 aliphatic heterocycles. The van der Waals surface area contributed by atoms with Gasteiger partial charge in [-0.25, -0.2) is 0 Å². The largest absolute Gasteiger partial charge is 0.347 e. The van der Waals surface area contributed by atoms with Crippen LogP contribution in [0.2, 0.25) is 0 Å². The highest BCUT2D eigenvalue weighted by molar-refractivity contribution is 5.87. The highest BCUT2D eigenvalue weighted by Gasteiger charge is 2.29. The van der Waals surface area contributed by atoms with Crippen molar-refractivity contribution in [2.75, 3.05) is 33.7 Å². The van der Waals surface area contributed by atoms with Crippen LogP contribution in [0, 0.1) is 5.92 Å². The molecular formula is C14H27N3O2. The number of hydrogen-bond acceptors (Lipinski definition) is 3. The number of piperidine rings is 1. The summed E-state index contributed by atoms with van der Waals surface area (Å²) in [6.07, 6.45) is 2.86. The minimum absolute atomic E-state index is 0.0225. The van der Waals surface area contributed by atoms with Gasteiger partial charge < -0.3 is 15.1 Å². The third-order valence-corrected chi connectivity index (χ3v) is 3.59. The maximum Gasteiger partial charge on any atom is 0.241 e. The van der Waals surface area contributed by atoms with Gasteiger partial charge in [-0.1, -0.05) is 13.8 Å². The number of nitrogens with zero attached hydrogens (tertiary/aromatic N) is 2. The third-order valence-electron chi connectivity index (χ3n) is 3.59. The van der Waals surface area contributed by atoms with E-state index in [0.29, 0.717) is 12.5 Å². The first-order chi connectivity index (χ1) is 8.95. The van der Waals surface area contributed by atoms with Crippen LogP contribution in [-0.2, 0) is 9.59 Å². The van der Waals surface area contributed by atoms with Crippen molar-refractivity contribution < 1.29 is 9.59 Å². The number of carbonyl (C=O) groups is 2. The molecule has 2 atom stereocenters. The first kappa shape index (κ1) is 16.0. The number of likely N-dealkylation sites (N-methyl/N-ethyl adjacent to an activating group) is 1. The summed E-state index contributed by atoms with van der Waals surface area (Å²) in [5.74, 6) is 0.623. The summed E-state index contributed by atoms with van der Waals surface area (Å²) in [6, 6.07) is -0.120. The fraction of sp³-hybridized carbons (Fsp3) is 0.857. The van der Waals surface area contributed by atoms with Crippen LogP contribution >= 0.6 is 0 Å². The Hall–Kier alpha value is -1.10. The molecule has 19 heavy (non-hydrogen) atoms. The van der Waals surface area contributed by atoms with Gasteiger partial charge in [0.05, 0.1) is 12.6 Å². The lowest BCUT2D eigenvalue weighted by Gasteiger charge is -2.32. The van der Waals surface area contributed by atoms with Gasteiger partial charge in [-0.15, -0.1) is 0 Å². The lowest BCUT2D eigenvalue weighted by Crippen LogP contribution is -2.52. The molecule has 0 aromatic heterocycles. The highest BCUT2D eigenvalue weighted by Crippen LogP contribution is 2.16. The number of nitrogens with one attached hydrogen (secondary N) is 1. The van der Waals surface area contributed by atoms with Gasteiger partial charge in [0.15, 0.2) is 0 Å². The summed E-state index contributed by atoms with van der Waals surface area (Å²) in [7, 11) is 3.44. The average Bonchev–Trinajstić information content (AvgIpc) is 2.37. The first-order valence-electron chi connectivity index (χ1n) is 7.18. The minimum Gasteiger partial charge on any atom is -0.347 e. The van der Waals surface area contributed by atoms with E-state index in [1.54, 1.807) is 19.0 Å². The predicted molar refractivity (Wildman–Crippen MR) is 75.8 cm³/mol. The highest BCUT2D eigenvalue weighted by atomic mass is 16.2. The second kappa shape index (κ2) is 7.48. The number of carbonyl (C=O) groups excluding carboxylic acids is 2. The molecule has 2 amide bonds. The maximum atomic E-state index is 12.5. The summed E-state index contributed by atoms with van der Waals surface area (Å²) in [5, 5.41) is 3.27. The number of hydrogen-bond donors (Lipinski definition) is 1. The van der Waals surface area contributed by atoms with E-state index in [9.17, 15) is 9.59 Å². The Morgan fingerprint density at radius 3 is 2.53 bits per heavy atom. The van der Waals surface area contributed by atoms with Crippen molar-refractivity contribution in [2.45, 2.75) is 39.2 Å². The molecule has 1 saturated heterocycles. The smallest absolute Gasteiger partial charge is 0.241 e. The van der Waals surface area contributed by atoms with E-state index < -0.39 is 0 Å². The van der Waals surface area contributed by atoms with E-state index >= 15 is 0 Å². The lowest BCUT2D eigenvalue weighted by atomic mass is 9.93. The molecule has 1 N–H and O–H groups in total. The van der Waals surface area contributed by atoms with Crippen molar-refractivity contribution >= 4 is 11.8 Å². The molecule has 0 aliphatic carbocycles. The molecule has 1 fully saturated rings. The monoisotopic (exact) mass is 269 g/mol. The molecule has 0 saturated carbocycles. The van der Waals surface area contributed by atoms with E-state index in [1.807, 2.05) is 6.92 Å². The van der Waals surface area contributed by atoms with Crippen LogP contribution < -0.4 is 5.32 Å². The van der Waals surface area contributed by atoms with Crippen LogP contribution in [0.1, 0.15) is 33.1 Å². The molecule has 1 rings (SSSR count). The van der Waals surface area contributed by atoms with Crippen molar-refractivity contribution in [3.63, 3.8) is 0 Å². The fourth-order valence-electron chi connectivity index (χ4n) is 2.36. The van der Waals surface area contributed by atoms with E-state index in [0.717, 1.165) is 25.8 Å². The molecule has 1 heterocycles. The summed E-state index contributed by atoms with van der Waals surface area (Å²) in [4.78, 5) is 27.5. The van der Waals surface area contributed by atoms with E-state index in [2.05, 4.69) is 12.2 Å². The van der Waals surface area contributed by atoms with Crippen LogP contribution in [0.4, 0.5) is 0 Å². The van der Waals surface area contributed by atoms with Crippen LogP contribution in [0.5, 0.6) is 0 Å². The molecule has 0 bridgehead atoms. The summed E-state index contributed by atoms with van der Waals surface area (Å²) < 4.78 is 0. The van der Waals surface area contributed by atoms with Crippen LogP contribution in [0.3, 0.4) is 0 Å². The summed E-state index contributed by atoms with van der Waals surface area (Å²) >= 11 is 0. The zero-order valence-corrected chi connectivity index (χ0v) is 12.6. The lowest BCUT2D eigenvalue weighted by molar-refractivity contribution is -0.141. The Labute approximate surface area is 116 Å². The van der Waals surface area contributed by atoms with Gasteiger partial charge >= 0.3 is 0 Å². The van der Waals surface area contributed by atoms with E-state index in [-0.39, 0.29) is 24.4 Å². The predicted octanol–water partition coefficient (Wildman–Crippen LogP) is 0.701. The molecule has 0 spiro atoms. The number of rotatable bonds is 5. The van der Waals surface area contributed by atoms with Gasteiger partial charge in [-0.05, 0) is 31.7 Å². The van der Waals surface area contributed by atoms with Crippen molar-refractivity contribution in [1.29, 1.82) is 0 Å². The Morgan fingerprint density at radius 1 is 1.32 bits per heavy atom. The molecule has 2 unspecified atom stereocenters. The molecule has 5 nitrogen and oxygen atoms in total. The quantitative estimate of drug-likeness (QED) is 0.799. The number of amides is 2. The second-order valence-electron chi connectivity index (χ2n) is 5.68. The van der Waals surface area contributed by atoms with Crippen LogP contribution in [0.15, 0.2) is 0 Å². The SMILES string of the molecule is CCCN(CC(=O)N(C)C)C(=O)C1CC(C)CCN1. The van der Waals surface area contributed by atoms with Crippen LogP contribution in [-0.4, -0.2) is 61.4 Å². The van der Waals surface area contributed by atoms with Crippen LogP contribution in [0.25, 0.3) is 0 Å². The van der Waals surface area contributed by atoms with Crippen molar-refractivity contribution in [2.24, 2.45) is 5.92 Å². The Bertz CT molecular complexity index is 318. The van der Waals surface area contributed by atoms with Gasteiger partial charge in [0.25, 0.3) is 0 Å². The van der Waals surface area contributed by atoms with E-state index in [1.165, 1.54) is 4.90 Å². The standard InChI is InChI=1S/C14H27N3O2/c1-5-8-17(10-13(18)16(3)4)14(19)12-9-11(2)6-7-15-12/h11-12,15H,5-10H2,1-4H3. The maximum absolute atomic E-state index is 12.5. The van der Waals surface area contributed by atoms with Gasteiger partial charge in [0, 0.05) is 20.6 Å². The molecule has 1 aliphatic rings. The second-order valence-corrected chi connectivity index (χ2v) is 5.68. The molecule has 0 radical (unpaired) electrons. The third kappa shape index (κ3) is 4.82. The molecule has 110 valence electrons. The van der Waals surface area contributed by atoms with Crippen molar-refractivity contribution in [3.8, 4) is 0 Å². The molecular weight excluding hydrogens is 242 g/mol. The van der Waals surface area contributed by atoms with Gasteiger partial charge in [0.1, 0.15) is 0 Å². The van der Waals surface area contributed by atoms with E-state index in [4.69, 9.17) is 0 Å². The zero-order chi connectivity index (χ0) is 14.4. The average molecular weight is 269 g/mol. The normalized spacial score (nSPS) is 22.9. The van der Waals surface area contributed by atoms with Crippen molar-refractivity contribution in [3.05, 3.63) is 0 Å². The zero-order valence-electron chi connectivity index (χ0n) is 12.6. The van der Waals surface area contributed by atoms with Gasteiger partial charge in [0.2, 0.25) is 11.8 Å². The molecule has 0 aromatic rings. The topological polar surface area (TPSA) is 52.7 Å².